The Morgan fingerprint density at radius 2 is 1.61 bits per heavy atom. The van der Waals surface area contributed by atoms with Gasteiger partial charge in [0, 0.05) is 23.3 Å². The van der Waals surface area contributed by atoms with Gasteiger partial charge in [0.2, 0.25) is 0 Å². The van der Waals surface area contributed by atoms with Crippen LogP contribution >= 0.6 is 23.2 Å². The van der Waals surface area contributed by atoms with Crippen LogP contribution in [0, 0.1) is 0 Å². The minimum atomic E-state index is -3.79. The molecule has 7 nitrogen and oxygen atoms in total. The predicted octanol–water partition coefficient (Wildman–Crippen LogP) is 5.25. The van der Waals surface area contributed by atoms with Gasteiger partial charge in [0.25, 0.3) is 15.9 Å². The second kappa shape index (κ2) is 10.2. The molecule has 0 aliphatic rings. The molecule has 0 aliphatic heterocycles. The van der Waals surface area contributed by atoms with Crippen molar-refractivity contribution in [3.05, 3.63) is 87.9 Å². The normalized spacial score (nSPS) is 11.0. The molecule has 0 aromatic heterocycles. The van der Waals surface area contributed by atoms with Gasteiger partial charge in [0.15, 0.2) is 0 Å². The molecule has 3 aromatic rings. The lowest BCUT2D eigenvalue weighted by atomic mass is 10.1. The lowest BCUT2D eigenvalue weighted by Gasteiger charge is -2.20. The Labute approximate surface area is 201 Å². The van der Waals surface area contributed by atoms with E-state index in [0.717, 1.165) is 4.31 Å². The van der Waals surface area contributed by atoms with Crippen molar-refractivity contribution in [2.24, 2.45) is 0 Å². The van der Waals surface area contributed by atoms with Crippen LogP contribution in [0.1, 0.15) is 27.6 Å². The zero-order chi connectivity index (χ0) is 24.2. The number of rotatable bonds is 7. The monoisotopic (exact) mass is 506 g/mol. The zero-order valence-electron chi connectivity index (χ0n) is 17.7. The van der Waals surface area contributed by atoms with Crippen molar-refractivity contribution in [1.82, 2.24) is 0 Å². The van der Waals surface area contributed by atoms with Crippen LogP contribution in [-0.2, 0) is 14.8 Å². The molecule has 1 amide bonds. The lowest BCUT2D eigenvalue weighted by Crippen LogP contribution is -2.26. The third kappa shape index (κ3) is 5.65. The Kier molecular flexibility index (Phi) is 7.63. The van der Waals surface area contributed by atoms with Gasteiger partial charge in [-0.25, -0.2) is 13.2 Å². The van der Waals surface area contributed by atoms with Crippen LogP contribution in [0.5, 0.6) is 0 Å². The molecule has 33 heavy (non-hydrogen) atoms. The molecule has 3 rings (SSSR count). The average molecular weight is 507 g/mol. The number of benzene rings is 3. The van der Waals surface area contributed by atoms with E-state index in [-0.39, 0.29) is 22.1 Å². The summed E-state index contributed by atoms with van der Waals surface area (Å²) in [6, 6.07) is 16.4. The van der Waals surface area contributed by atoms with Crippen molar-refractivity contribution in [3.63, 3.8) is 0 Å². The third-order valence-electron chi connectivity index (χ3n) is 4.68. The summed E-state index contributed by atoms with van der Waals surface area (Å²) in [5, 5.41) is 3.32. The van der Waals surface area contributed by atoms with E-state index in [0.29, 0.717) is 22.0 Å². The van der Waals surface area contributed by atoms with Crippen molar-refractivity contribution in [2.45, 2.75) is 11.8 Å². The topological polar surface area (TPSA) is 92.8 Å². The number of sulfonamides is 1. The van der Waals surface area contributed by atoms with E-state index in [9.17, 15) is 18.0 Å². The van der Waals surface area contributed by atoms with E-state index in [4.69, 9.17) is 27.9 Å². The second-order valence-electron chi connectivity index (χ2n) is 6.84. The summed E-state index contributed by atoms with van der Waals surface area (Å²) < 4.78 is 31.7. The Bertz CT molecular complexity index is 1280. The van der Waals surface area contributed by atoms with Gasteiger partial charge in [-0.15, -0.1) is 0 Å². The van der Waals surface area contributed by atoms with Gasteiger partial charge < -0.3 is 10.1 Å². The average Bonchev–Trinajstić information content (AvgIpc) is 2.80. The number of carbonyl (C=O) groups is 2. The van der Waals surface area contributed by atoms with E-state index in [2.05, 4.69) is 5.32 Å². The summed E-state index contributed by atoms with van der Waals surface area (Å²) in [4.78, 5) is 24.7. The quantitative estimate of drug-likeness (QED) is 0.441. The fraction of sp³-hybridized carbons (Fsp3) is 0.130. The van der Waals surface area contributed by atoms with Gasteiger partial charge in [-0.2, -0.15) is 0 Å². The van der Waals surface area contributed by atoms with E-state index in [1.165, 1.54) is 67.7 Å². The highest BCUT2D eigenvalue weighted by molar-refractivity contribution is 7.92. The Balaban J connectivity index is 1.76. The number of hydrogen-bond acceptors (Lipinski definition) is 5. The van der Waals surface area contributed by atoms with Crippen molar-refractivity contribution >= 4 is 56.5 Å². The van der Waals surface area contributed by atoms with Crippen LogP contribution in [0.2, 0.25) is 10.0 Å². The number of carbonyl (C=O) groups excluding carboxylic acids is 2. The molecule has 0 atom stereocenters. The van der Waals surface area contributed by atoms with Gasteiger partial charge in [0.1, 0.15) is 0 Å². The molecule has 0 saturated carbocycles. The summed E-state index contributed by atoms with van der Waals surface area (Å²) in [7, 11) is -2.37. The number of ether oxygens (including phenoxy) is 1. The van der Waals surface area contributed by atoms with Crippen molar-refractivity contribution in [1.29, 1.82) is 0 Å². The number of amides is 1. The molecular formula is C23H20Cl2N2O5S. The van der Waals surface area contributed by atoms with Gasteiger partial charge >= 0.3 is 5.97 Å². The smallest absolute Gasteiger partial charge is 0.339 e. The number of halogens is 2. The molecule has 10 heteroatoms. The van der Waals surface area contributed by atoms with Crippen molar-refractivity contribution in [3.8, 4) is 0 Å². The highest BCUT2D eigenvalue weighted by Crippen LogP contribution is 2.25. The molecule has 0 spiro atoms. The highest BCUT2D eigenvalue weighted by Gasteiger charge is 2.21. The first kappa shape index (κ1) is 24.6. The largest absolute Gasteiger partial charge is 0.462 e. The van der Waals surface area contributed by atoms with E-state index < -0.39 is 21.9 Å². The second-order valence-corrected chi connectivity index (χ2v) is 9.66. The highest BCUT2D eigenvalue weighted by atomic mass is 35.5. The minimum Gasteiger partial charge on any atom is -0.462 e. The molecule has 0 heterocycles. The summed E-state index contributed by atoms with van der Waals surface area (Å²) in [6.45, 7) is 1.87. The van der Waals surface area contributed by atoms with E-state index in [1.807, 2.05) is 0 Å². The first-order valence-electron chi connectivity index (χ1n) is 9.76. The number of anilines is 2. The summed E-state index contributed by atoms with van der Waals surface area (Å²) >= 11 is 11.9. The van der Waals surface area contributed by atoms with Gasteiger partial charge in [-0.05, 0) is 73.7 Å². The molecule has 0 fully saturated rings. The molecule has 0 aliphatic carbocycles. The maximum atomic E-state index is 12.8. The van der Waals surface area contributed by atoms with Crippen LogP contribution < -0.4 is 9.62 Å². The predicted molar refractivity (Wildman–Crippen MR) is 129 cm³/mol. The SMILES string of the molecule is CCOC(=O)c1cc(NC(=O)c2ccc(N(C)S(=O)(=O)c3ccc(Cl)cc3)cc2)ccc1Cl. The molecule has 172 valence electrons. The molecular weight excluding hydrogens is 487 g/mol. The number of nitrogens with zero attached hydrogens (tertiary/aromatic N) is 1. The Morgan fingerprint density at radius 3 is 2.21 bits per heavy atom. The molecule has 0 radical (unpaired) electrons. The van der Waals surface area contributed by atoms with Crippen molar-refractivity contribution in [2.75, 3.05) is 23.3 Å². The molecule has 0 unspecified atom stereocenters. The minimum absolute atomic E-state index is 0.0939. The fourth-order valence-corrected chi connectivity index (χ4v) is 4.41. The number of esters is 1. The van der Waals surface area contributed by atoms with Crippen molar-refractivity contribution < 1.29 is 22.7 Å². The van der Waals surface area contributed by atoms with Gasteiger partial charge in [0.05, 0.1) is 27.8 Å². The maximum Gasteiger partial charge on any atom is 0.339 e. The number of hydrogen-bond donors (Lipinski definition) is 1. The van der Waals surface area contributed by atoms with E-state index in [1.54, 1.807) is 13.0 Å². The first-order valence-corrected chi connectivity index (χ1v) is 12.0. The molecule has 0 saturated heterocycles. The molecule has 1 N–H and O–H groups in total. The first-order chi connectivity index (χ1) is 15.6. The number of nitrogens with one attached hydrogen (secondary N) is 1. The van der Waals surface area contributed by atoms with Crippen LogP contribution in [0.4, 0.5) is 11.4 Å². The van der Waals surface area contributed by atoms with Crippen LogP contribution in [0.25, 0.3) is 0 Å². The maximum absolute atomic E-state index is 12.8. The Morgan fingerprint density at radius 1 is 0.970 bits per heavy atom. The molecule has 0 bridgehead atoms. The van der Waals surface area contributed by atoms with E-state index >= 15 is 0 Å². The zero-order valence-corrected chi connectivity index (χ0v) is 20.0. The van der Waals surface area contributed by atoms with Crippen LogP contribution in [0.3, 0.4) is 0 Å². The van der Waals surface area contributed by atoms with Crippen LogP contribution in [-0.4, -0.2) is 33.9 Å². The van der Waals surface area contributed by atoms with Gasteiger partial charge in [-0.3, -0.25) is 9.10 Å². The Hall–Kier alpha value is -3.07. The third-order valence-corrected chi connectivity index (χ3v) is 7.07. The summed E-state index contributed by atoms with van der Waals surface area (Å²) in [5.74, 6) is -1.03. The summed E-state index contributed by atoms with van der Waals surface area (Å²) in [5.41, 5.74) is 1.17. The summed E-state index contributed by atoms with van der Waals surface area (Å²) in [6.07, 6.45) is 0. The van der Waals surface area contributed by atoms with Gasteiger partial charge in [-0.1, -0.05) is 23.2 Å². The lowest BCUT2D eigenvalue weighted by molar-refractivity contribution is 0.0526. The standard InChI is InChI=1S/C23H20Cl2N2O5S/c1-3-32-23(29)20-14-17(8-13-21(20)25)26-22(28)15-4-9-18(10-5-15)27(2)33(30,31)19-11-6-16(24)7-12-19/h4-14H,3H2,1-2H3,(H,26,28). The molecule has 3 aromatic carbocycles. The fourth-order valence-electron chi connectivity index (χ4n) is 2.90. The van der Waals surface area contributed by atoms with Crippen LogP contribution in [0.15, 0.2) is 71.6 Å².